The van der Waals surface area contributed by atoms with Crippen molar-refractivity contribution in [1.29, 1.82) is 0 Å². The van der Waals surface area contributed by atoms with Gasteiger partial charge in [-0.15, -0.1) is 0 Å². The lowest BCUT2D eigenvalue weighted by Crippen LogP contribution is -2.26. The Balaban J connectivity index is 1.23. The molecule has 2 aliphatic heterocycles. The molecular formula is C21H20N6O. The largest absolute Gasteiger partial charge is 0.356 e. The van der Waals surface area contributed by atoms with Gasteiger partial charge in [0.1, 0.15) is 5.82 Å². The first-order chi connectivity index (χ1) is 13.7. The second-order valence-electron chi connectivity index (χ2n) is 8.08. The van der Waals surface area contributed by atoms with E-state index >= 15 is 0 Å². The maximum absolute atomic E-state index is 12.7. The van der Waals surface area contributed by atoms with Crippen LogP contribution in [0.2, 0.25) is 0 Å². The molecule has 1 saturated carbocycles. The van der Waals surface area contributed by atoms with E-state index in [2.05, 4.69) is 32.1 Å². The molecule has 0 radical (unpaired) electrons. The summed E-state index contributed by atoms with van der Waals surface area (Å²) in [6.07, 6.45) is 9.27. The SMILES string of the molecule is O=C1N(c2ccncc2)Cc2cc(-c3ccc(N4CCC5(CC5)C4)nc3)nn21. The van der Waals surface area contributed by atoms with Crippen LogP contribution in [0.1, 0.15) is 25.0 Å². The van der Waals surface area contributed by atoms with Gasteiger partial charge in [0.15, 0.2) is 0 Å². The number of rotatable bonds is 3. The molecule has 7 nitrogen and oxygen atoms in total. The number of nitrogens with zero attached hydrogens (tertiary/aromatic N) is 6. The average Bonchev–Trinajstić information content (AvgIpc) is 3.05. The summed E-state index contributed by atoms with van der Waals surface area (Å²) in [6.45, 7) is 2.75. The van der Waals surface area contributed by atoms with Gasteiger partial charge in [-0.1, -0.05) is 0 Å². The highest BCUT2D eigenvalue weighted by Gasteiger charge is 2.47. The minimum Gasteiger partial charge on any atom is -0.356 e. The number of carbonyl (C=O) groups excluding carboxylic acids is 1. The molecule has 0 aromatic carbocycles. The molecule has 0 unspecified atom stereocenters. The van der Waals surface area contributed by atoms with Crippen LogP contribution >= 0.6 is 0 Å². The molecule has 28 heavy (non-hydrogen) atoms. The van der Waals surface area contributed by atoms with E-state index in [1.807, 2.05) is 24.4 Å². The standard InChI is InChI=1S/C21H20N6O/c28-20-26(16-3-8-22-9-4-16)13-17-11-18(24-27(17)20)15-1-2-19(23-12-15)25-10-7-21(14-25)5-6-21/h1-4,8-9,11-12H,5-7,10,13-14H2. The van der Waals surface area contributed by atoms with Gasteiger partial charge < -0.3 is 4.90 Å². The number of fused-ring (bicyclic) bond motifs is 1. The van der Waals surface area contributed by atoms with Crippen LogP contribution in [0.3, 0.4) is 0 Å². The summed E-state index contributed by atoms with van der Waals surface area (Å²) in [5.74, 6) is 1.04. The molecular weight excluding hydrogens is 352 g/mol. The highest BCUT2D eigenvalue weighted by Crippen LogP contribution is 2.53. The van der Waals surface area contributed by atoms with Crippen LogP contribution in [0.5, 0.6) is 0 Å². The van der Waals surface area contributed by atoms with Crippen LogP contribution in [0, 0.1) is 5.41 Å². The molecule has 5 heterocycles. The van der Waals surface area contributed by atoms with Crippen LogP contribution < -0.4 is 9.80 Å². The van der Waals surface area contributed by atoms with Crippen LogP contribution in [-0.2, 0) is 6.54 Å². The molecule has 6 rings (SSSR count). The van der Waals surface area contributed by atoms with Gasteiger partial charge in [-0.3, -0.25) is 9.88 Å². The number of pyridine rings is 2. The highest BCUT2D eigenvalue weighted by molar-refractivity contribution is 5.96. The van der Waals surface area contributed by atoms with Gasteiger partial charge in [-0.2, -0.15) is 9.78 Å². The van der Waals surface area contributed by atoms with Gasteiger partial charge in [0, 0.05) is 42.9 Å². The van der Waals surface area contributed by atoms with Gasteiger partial charge in [0.25, 0.3) is 0 Å². The lowest BCUT2D eigenvalue weighted by Gasteiger charge is -2.17. The lowest BCUT2D eigenvalue weighted by atomic mass is 10.1. The van der Waals surface area contributed by atoms with E-state index in [1.165, 1.54) is 23.9 Å². The molecule has 140 valence electrons. The Morgan fingerprint density at radius 2 is 1.89 bits per heavy atom. The minimum atomic E-state index is -0.135. The molecule has 1 aliphatic carbocycles. The van der Waals surface area contributed by atoms with Crippen molar-refractivity contribution in [2.75, 3.05) is 22.9 Å². The van der Waals surface area contributed by atoms with Crippen molar-refractivity contribution in [2.24, 2.45) is 5.41 Å². The van der Waals surface area contributed by atoms with Crippen molar-refractivity contribution in [1.82, 2.24) is 19.7 Å². The van der Waals surface area contributed by atoms with E-state index in [0.717, 1.165) is 41.5 Å². The fourth-order valence-corrected chi connectivity index (χ4v) is 4.35. The topological polar surface area (TPSA) is 67.2 Å². The Morgan fingerprint density at radius 1 is 1.04 bits per heavy atom. The number of hydrogen-bond acceptors (Lipinski definition) is 5. The first kappa shape index (κ1) is 15.8. The third kappa shape index (κ3) is 2.42. The van der Waals surface area contributed by atoms with E-state index in [9.17, 15) is 4.79 Å². The zero-order chi connectivity index (χ0) is 18.7. The summed E-state index contributed by atoms with van der Waals surface area (Å²) in [5.41, 5.74) is 4.03. The van der Waals surface area contributed by atoms with Crippen molar-refractivity contribution in [2.45, 2.75) is 25.8 Å². The number of carbonyl (C=O) groups is 1. The van der Waals surface area contributed by atoms with Crippen LogP contribution in [0.4, 0.5) is 16.3 Å². The molecule has 3 aromatic rings. The minimum absolute atomic E-state index is 0.135. The highest BCUT2D eigenvalue weighted by atomic mass is 16.2. The van der Waals surface area contributed by atoms with Crippen molar-refractivity contribution in [3.63, 3.8) is 0 Å². The van der Waals surface area contributed by atoms with Gasteiger partial charge >= 0.3 is 6.03 Å². The second-order valence-corrected chi connectivity index (χ2v) is 8.08. The van der Waals surface area contributed by atoms with Gasteiger partial charge in [-0.25, -0.2) is 9.78 Å². The number of hydrogen-bond donors (Lipinski definition) is 0. The summed E-state index contributed by atoms with van der Waals surface area (Å²) >= 11 is 0. The predicted molar refractivity (Wildman–Crippen MR) is 105 cm³/mol. The Kier molecular flexibility index (Phi) is 3.18. The van der Waals surface area contributed by atoms with E-state index in [4.69, 9.17) is 0 Å². The zero-order valence-electron chi connectivity index (χ0n) is 15.5. The molecule has 0 atom stereocenters. The normalized spacial score (nSPS) is 19.5. The molecule has 2 fully saturated rings. The van der Waals surface area contributed by atoms with Crippen molar-refractivity contribution in [3.8, 4) is 11.3 Å². The number of anilines is 2. The first-order valence-electron chi connectivity index (χ1n) is 9.73. The summed E-state index contributed by atoms with van der Waals surface area (Å²) in [6, 6.07) is 9.64. The van der Waals surface area contributed by atoms with Crippen LogP contribution in [-0.4, -0.2) is 38.9 Å². The maximum Gasteiger partial charge on any atom is 0.349 e. The molecule has 1 amide bonds. The number of aromatic nitrogens is 4. The summed E-state index contributed by atoms with van der Waals surface area (Å²) in [5, 5.41) is 4.53. The first-order valence-corrected chi connectivity index (χ1v) is 9.73. The van der Waals surface area contributed by atoms with Crippen LogP contribution in [0.25, 0.3) is 11.3 Å². The maximum atomic E-state index is 12.7. The quantitative estimate of drug-likeness (QED) is 0.706. The number of amides is 1. The summed E-state index contributed by atoms with van der Waals surface area (Å²) < 4.78 is 1.49. The monoisotopic (exact) mass is 372 g/mol. The smallest absolute Gasteiger partial charge is 0.349 e. The van der Waals surface area contributed by atoms with Crippen molar-refractivity contribution >= 4 is 17.5 Å². The lowest BCUT2D eigenvalue weighted by molar-refractivity contribution is 0.248. The van der Waals surface area contributed by atoms with E-state index in [-0.39, 0.29) is 6.03 Å². The van der Waals surface area contributed by atoms with E-state index in [1.54, 1.807) is 17.3 Å². The van der Waals surface area contributed by atoms with Crippen molar-refractivity contribution in [3.05, 3.63) is 54.6 Å². The zero-order valence-corrected chi connectivity index (χ0v) is 15.5. The van der Waals surface area contributed by atoms with Gasteiger partial charge in [0.05, 0.1) is 17.9 Å². The van der Waals surface area contributed by atoms with E-state index in [0.29, 0.717) is 12.0 Å². The predicted octanol–water partition coefficient (Wildman–Crippen LogP) is 3.32. The van der Waals surface area contributed by atoms with Gasteiger partial charge in [-0.05, 0) is 55.0 Å². The summed E-state index contributed by atoms with van der Waals surface area (Å²) in [4.78, 5) is 25.5. The Labute approximate surface area is 162 Å². The van der Waals surface area contributed by atoms with Gasteiger partial charge in [0.2, 0.25) is 0 Å². The van der Waals surface area contributed by atoms with E-state index < -0.39 is 0 Å². The van der Waals surface area contributed by atoms with Crippen molar-refractivity contribution < 1.29 is 4.79 Å². The molecule has 7 heteroatoms. The average molecular weight is 372 g/mol. The molecule has 3 aliphatic rings. The Bertz CT molecular complexity index is 1050. The third-order valence-corrected chi connectivity index (χ3v) is 6.25. The Morgan fingerprint density at radius 3 is 2.57 bits per heavy atom. The molecule has 0 N–H and O–H groups in total. The Hall–Kier alpha value is -3.22. The van der Waals surface area contributed by atoms with Crippen LogP contribution in [0.15, 0.2) is 48.9 Å². The molecule has 1 saturated heterocycles. The second kappa shape index (κ2) is 5.64. The molecule has 1 spiro atoms. The fraction of sp³-hybridized carbons (Fsp3) is 0.333. The molecule has 3 aromatic heterocycles. The third-order valence-electron chi connectivity index (χ3n) is 6.25. The summed E-state index contributed by atoms with van der Waals surface area (Å²) in [7, 11) is 0. The molecule has 0 bridgehead atoms. The fourth-order valence-electron chi connectivity index (χ4n) is 4.35.